The van der Waals surface area contributed by atoms with Crippen molar-refractivity contribution in [2.24, 2.45) is 5.41 Å². The number of carbonyl (C=O) groups excluding carboxylic acids is 2. The molecule has 0 aromatic heterocycles. The predicted octanol–water partition coefficient (Wildman–Crippen LogP) is 2.93. The van der Waals surface area contributed by atoms with Crippen molar-refractivity contribution in [3.63, 3.8) is 0 Å². The Morgan fingerprint density at radius 1 is 1.17 bits per heavy atom. The molecule has 0 spiro atoms. The van der Waals surface area contributed by atoms with Crippen LogP contribution < -0.4 is 0 Å². The van der Waals surface area contributed by atoms with Crippen LogP contribution in [-0.2, 0) is 9.59 Å². The Kier molecular flexibility index (Phi) is 4.08. The number of likely N-dealkylation sites (tertiary alicyclic amines) is 1. The van der Waals surface area contributed by atoms with Gasteiger partial charge in [-0.15, -0.1) is 0 Å². The van der Waals surface area contributed by atoms with E-state index >= 15 is 0 Å². The summed E-state index contributed by atoms with van der Waals surface area (Å²) >= 11 is 0. The van der Waals surface area contributed by atoms with E-state index in [9.17, 15) is 9.59 Å². The first-order valence-corrected chi connectivity index (χ1v) is 7.33. The molecule has 1 aliphatic carbocycles. The Bertz CT molecular complexity index is 331. The lowest BCUT2D eigenvalue weighted by Gasteiger charge is -2.37. The van der Waals surface area contributed by atoms with Crippen LogP contribution in [0.1, 0.15) is 65.2 Å². The Labute approximate surface area is 110 Å². The molecule has 0 aromatic rings. The number of Topliss-reactive ketones (excluding diaryl/α,β-unsaturated/α-hetero) is 1. The van der Waals surface area contributed by atoms with Gasteiger partial charge in [-0.25, -0.2) is 0 Å². The summed E-state index contributed by atoms with van der Waals surface area (Å²) in [5.41, 5.74) is -0.155. The van der Waals surface area contributed by atoms with E-state index in [4.69, 9.17) is 0 Å². The van der Waals surface area contributed by atoms with Gasteiger partial charge in [0.2, 0.25) is 5.91 Å². The smallest absolute Gasteiger partial charge is 0.228 e. The fourth-order valence-corrected chi connectivity index (χ4v) is 3.54. The summed E-state index contributed by atoms with van der Waals surface area (Å²) in [7, 11) is 0. The van der Waals surface area contributed by atoms with Gasteiger partial charge < -0.3 is 4.90 Å². The first-order chi connectivity index (χ1) is 8.53. The van der Waals surface area contributed by atoms with Crippen molar-refractivity contribution >= 4 is 11.7 Å². The van der Waals surface area contributed by atoms with Crippen molar-refractivity contribution in [1.29, 1.82) is 0 Å². The van der Waals surface area contributed by atoms with E-state index < -0.39 is 0 Å². The summed E-state index contributed by atoms with van der Waals surface area (Å²) in [6.45, 7) is 4.60. The quantitative estimate of drug-likeness (QED) is 0.773. The Morgan fingerprint density at radius 2 is 1.83 bits per heavy atom. The number of hydrogen-bond acceptors (Lipinski definition) is 2. The van der Waals surface area contributed by atoms with E-state index in [1.165, 1.54) is 19.3 Å². The number of carbonyl (C=O) groups is 2. The van der Waals surface area contributed by atoms with Crippen molar-refractivity contribution < 1.29 is 9.59 Å². The van der Waals surface area contributed by atoms with Gasteiger partial charge in [-0.1, -0.05) is 26.2 Å². The van der Waals surface area contributed by atoms with Crippen molar-refractivity contribution in [1.82, 2.24) is 4.90 Å². The number of hydrogen-bond donors (Lipinski definition) is 0. The van der Waals surface area contributed by atoms with Gasteiger partial charge in [0.05, 0.1) is 0 Å². The molecular formula is C15H25NO2. The first-order valence-electron chi connectivity index (χ1n) is 7.33. The molecule has 1 atom stereocenters. The summed E-state index contributed by atoms with van der Waals surface area (Å²) in [6, 6.07) is 0.175. The van der Waals surface area contributed by atoms with Crippen LogP contribution in [0.5, 0.6) is 0 Å². The number of ketones is 1. The van der Waals surface area contributed by atoms with Gasteiger partial charge in [-0.3, -0.25) is 9.59 Å². The van der Waals surface area contributed by atoms with Crippen LogP contribution in [0.3, 0.4) is 0 Å². The zero-order valence-corrected chi connectivity index (χ0v) is 11.7. The first kappa shape index (κ1) is 13.6. The Morgan fingerprint density at radius 3 is 2.44 bits per heavy atom. The van der Waals surface area contributed by atoms with Crippen molar-refractivity contribution in [2.75, 3.05) is 6.54 Å². The van der Waals surface area contributed by atoms with E-state index in [2.05, 4.69) is 6.92 Å². The largest absolute Gasteiger partial charge is 0.339 e. The van der Waals surface area contributed by atoms with Gasteiger partial charge in [0.25, 0.3) is 0 Å². The molecule has 2 fully saturated rings. The molecule has 0 N–H and O–H groups in total. The second-order valence-corrected chi connectivity index (χ2v) is 6.32. The summed E-state index contributed by atoms with van der Waals surface area (Å²) in [5.74, 6) is 0.513. The Hall–Kier alpha value is -0.860. The molecule has 102 valence electrons. The standard InChI is InChI=1S/C15H25NO2/c1-12(17)11-13-7-6-10-16(13)14(18)15(2)8-4-3-5-9-15/h13H,3-11H2,1-2H3. The summed E-state index contributed by atoms with van der Waals surface area (Å²) in [6.07, 6.45) is 8.26. The van der Waals surface area contributed by atoms with E-state index in [0.717, 1.165) is 32.2 Å². The third-order valence-corrected chi connectivity index (χ3v) is 4.63. The van der Waals surface area contributed by atoms with Crippen LogP contribution in [0, 0.1) is 5.41 Å². The lowest BCUT2D eigenvalue weighted by atomic mass is 9.74. The van der Waals surface area contributed by atoms with Crippen LogP contribution >= 0.6 is 0 Å². The molecular weight excluding hydrogens is 226 g/mol. The van der Waals surface area contributed by atoms with Crippen molar-refractivity contribution in [3.8, 4) is 0 Å². The minimum Gasteiger partial charge on any atom is -0.339 e. The monoisotopic (exact) mass is 251 g/mol. The average molecular weight is 251 g/mol. The molecule has 0 radical (unpaired) electrons. The number of nitrogens with zero attached hydrogens (tertiary/aromatic N) is 1. The SMILES string of the molecule is CC(=O)CC1CCCN1C(=O)C1(C)CCCCC1. The maximum Gasteiger partial charge on any atom is 0.228 e. The van der Waals surface area contributed by atoms with E-state index in [1.807, 2.05) is 4.90 Å². The van der Waals surface area contributed by atoms with E-state index in [0.29, 0.717) is 12.3 Å². The Balaban J connectivity index is 2.04. The molecule has 1 saturated heterocycles. The minimum atomic E-state index is -0.155. The highest BCUT2D eigenvalue weighted by molar-refractivity contribution is 5.84. The fraction of sp³-hybridized carbons (Fsp3) is 0.867. The predicted molar refractivity (Wildman–Crippen MR) is 71.2 cm³/mol. The molecule has 1 heterocycles. The molecule has 1 aliphatic heterocycles. The van der Waals surface area contributed by atoms with Crippen molar-refractivity contribution in [2.45, 2.75) is 71.3 Å². The lowest BCUT2D eigenvalue weighted by molar-refractivity contribution is -0.144. The van der Waals surface area contributed by atoms with Gasteiger partial charge in [0.15, 0.2) is 0 Å². The van der Waals surface area contributed by atoms with Gasteiger partial charge in [0.1, 0.15) is 5.78 Å². The molecule has 0 bridgehead atoms. The van der Waals surface area contributed by atoms with Crippen LogP contribution in [0.25, 0.3) is 0 Å². The normalized spacial score (nSPS) is 27.2. The molecule has 2 rings (SSSR count). The molecule has 0 aromatic carbocycles. The molecule has 1 saturated carbocycles. The van der Waals surface area contributed by atoms with Crippen LogP contribution in [0.15, 0.2) is 0 Å². The zero-order valence-electron chi connectivity index (χ0n) is 11.7. The van der Waals surface area contributed by atoms with E-state index in [1.54, 1.807) is 6.92 Å². The van der Waals surface area contributed by atoms with Crippen molar-refractivity contribution in [3.05, 3.63) is 0 Å². The summed E-state index contributed by atoms with van der Waals surface area (Å²) in [4.78, 5) is 26.0. The molecule has 2 aliphatic rings. The maximum absolute atomic E-state index is 12.7. The highest BCUT2D eigenvalue weighted by Gasteiger charge is 2.41. The number of rotatable bonds is 3. The second kappa shape index (κ2) is 5.41. The highest BCUT2D eigenvalue weighted by atomic mass is 16.2. The van der Waals surface area contributed by atoms with Gasteiger partial charge in [-0.2, -0.15) is 0 Å². The maximum atomic E-state index is 12.7. The summed E-state index contributed by atoms with van der Waals surface area (Å²) in [5, 5.41) is 0. The van der Waals surface area contributed by atoms with Crippen LogP contribution in [-0.4, -0.2) is 29.2 Å². The molecule has 1 amide bonds. The van der Waals surface area contributed by atoms with E-state index in [-0.39, 0.29) is 17.2 Å². The van der Waals surface area contributed by atoms with Gasteiger partial charge >= 0.3 is 0 Å². The third-order valence-electron chi connectivity index (χ3n) is 4.63. The number of amides is 1. The van der Waals surface area contributed by atoms with Gasteiger partial charge in [0, 0.05) is 24.4 Å². The second-order valence-electron chi connectivity index (χ2n) is 6.32. The molecule has 1 unspecified atom stereocenters. The summed E-state index contributed by atoms with van der Waals surface area (Å²) < 4.78 is 0. The average Bonchev–Trinajstić information content (AvgIpc) is 2.76. The minimum absolute atomic E-state index is 0.155. The van der Waals surface area contributed by atoms with Gasteiger partial charge in [-0.05, 0) is 32.6 Å². The third kappa shape index (κ3) is 2.76. The fourth-order valence-electron chi connectivity index (χ4n) is 3.54. The molecule has 18 heavy (non-hydrogen) atoms. The highest BCUT2D eigenvalue weighted by Crippen LogP contribution is 2.39. The zero-order chi connectivity index (χ0) is 13.2. The molecule has 3 heteroatoms. The molecule has 3 nitrogen and oxygen atoms in total. The topological polar surface area (TPSA) is 37.4 Å². The van der Waals surface area contributed by atoms with Crippen LogP contribution in [0.2, 0.25) is 0 Å². The van der Waals surface area contributed by atoms with Crippen LogP contribution in [0.4, 0.5) is 0 Å². The lowest BCUT2D eigenvalue weighted by Crippen LogP contribution is -2.46.